The normalized spacial score (nSPS) is 20.3. The third-order valence-corrected chi connectivity index (χ3v) is 3.79. The highest BCUT2D eigenvalue weighted by Crippen LogP contribution is 2.46. The predicted octanol–water partition coefficient (Wildman–Crippen LogP) is 3.63. The number of carbonyl (C=O) groups is 1. The molecule has 0 aliphatic carbocycles. The van der Waals surface area contributed by atoms with E-state index in [0.717, 1.165) is 11.1 Å². The summed E-state index contributed by atoms with van der Waals surface area (Å²) in [4.78, 5) is 12.3. The average Bonchev–Trinajstić information content (AvgIpc) is 2.53. The first kappa shape index (κ1) is 13.4. The van der Waals surface area contributed by atoms with E-state index in [1.54, 1.807) is 0 Å². The van der Waals surface area contributed by atoms with Gasteiger partial charge in [-0.3, -0.25) is 4.79 Å². The first-order chi connectivity index (χ1) is 10.2. The van der Waals surface area contributed by atoms with Crippen LogP contribution in [-0.2, 0) is 9.53 Å². The highest BCUT2D eigenvalue weighted by Gasteiger charge is 2.40. The van der Waals surface area contributed by atoms with Crippen molar-refractivity contribution in [3.63, 3.8) is 0 Å². The van der Waals surface area contributed by atoms with Gasteiger partial charge in [0.25, 0.3) is 0 Å². The van der Waals surface area contributed by atoms with Gasteiger partial charge in [0.1, 0.15) is 11.5 Å². The first-order valence-electron chi connectivity index (χ1n) is 6.80. The van der Waals surface area contributed by atoms with Gasteiger partial charge in [0, 0.05) is 5.56 Å². The number of hydrogen-bond donors (Lipinski definition) is 0. The SMILES string of the molecule is C=C1Oc2ccccc2[C@H](C(=O)OC)[C@H]1c1ccccc1. The standard InChI is InChI=1S/C18H16O3/c1-12-16(13-8-4-3-5-9-13)17(18(19)20-2)14-10-6-7-11-15(14)21-12/h3-11,16-17H,1H2,2H3/t16-,17+/m1/s1. The quantitative estimate of drug-likeness (QED) is 0.788. The lowest BCUT2D eigenvalue weighted by Gasteiger charge is -2.33. The number of allylic oxidation sites excluding steroid dienone is 1. The van der Waals surface area contributed by atoms with Crippen molar-refractivity contribution in [1.29, 1.82) is 0 Å². The molecule has 1 aliphatic rings. The molecule has 0 fully saturated rings. The average molecular weight is 280 g/mol. The van der Waals surface area contributed by atoms with E-state index in [4.69, 9.17) is 9.47 Å². The summed E-state index contributed by atoms with van der Waals surface area (Å²) in [6.45, 7) is 4.01. The molecule has 0 spiro atoms. The van der Waals surface area contributed by atoms with Crippen molar-refractivity contribution >= 4 is 5.97 Å². The van der Waals surface area contributed by atoms with E-state index in [-0.39, 0.29) is 11.9 Å². The van der Waals surface area contributed by atoms with Gasteiger partial charge < -0.3 is 9.47 Å². The van der Waals surface area contributed by atoms with Crippen molar-refractivity contribution < 1.29 is 14.3 Å². The molecule has 0 radical (unpaired) electrons. The zero-order valence-electron chi connectivity index (χ0n) is 11.8. The van der Waals surface area contributed by atoms with Gasteiger partial charge in [-0.2, -0.15) is 0 Å². The molecule has 3 nitrogen and oxygen atoms in total. The Kier molecular flexibility index (Phi) is 3.48. The van der Waals surface area contributed by atoms with Crippen LogP contribution in [0, 0.1) is 0 Å². The van der Waals surface area contributed by atoms with Gasteiger partial charge in [-0.1, -0.05) is 55.1 Å². The molecule has 0 amide bonds. The van der Waals surface area contributed by atoms with Gasteiger partial charge in [0.15, 0.2) is 0 Å². The Morgan fingerprint density at radius 2 is 1.76 bits per heavy atom. The van der Waals surface area contributed by atoms with E-state index in [1.807, 2.05) is 54.6 Å². The van der Waals surface area contributed by atoms with Crippen molar-refractivity contribution in [3.05, 3.63) is 78.1 Å². The van der Waals surface area contributed by atoms with E-state index >= 15 is 0 Å². The van der Waals surface area contributed by atoms with Crippen LogP contribution in [0.2, 0.25) is 0 Å². The third-order valence-electron chi connectivity index (χ3n) is 3.79. The molecule has 2 aromatic carbocycles. The molecule has 106 valence electrons. The van der Waals surface area contributed by atoms with Gasteiger partial charge in [-0.05, 0) is 11.6 Å². The molecular weight excluding hydrogens is 264 g/mol. The molecule has 0 aromatic heterocycles. The molecule has 0 saturated heterocycles. The van der Waals surface area contributed by atoms with Crippen LogP contribution in [0.15, 0.2) is 66.9 Å². The molecule has 0 N–H and O–H groups in total. The molecule has 0 unspecified atom stereocenters. The lowest BCUT2D eigenvalue weighted by molar-refractivity contribution is -0.143. The van der Waals surface area contributed by atoms with Crippen LogP contribution in [0.25, 0.3) is 0 Å². The predicted molar refractivity (Wildman–Crippen MR) is 80.2 cm³/mol. The summed E-state index contributed by atoms with van der Waals surface area (Å²) < 4.78 is 10.8. The minimum atomic E-state index is -0.435. The monoisotopic (exact) mass is 280 g/mol. The Labute approximate surface area is 123 Å². The highest BCUT2D eigenvalue weighted by atomic mass is 16.5. The summed E-state index contributed by atoms with van der Waals surface area (Å²) in [5, 5.41) is 0. The van der Waals surface area contributed by atoms with Crippen LogP contribution >= 0.6 is 0 Å². The Bertz CT molecular complexity index is 676. The molecule has 1 aliphatic heterocycles. The lowest BCUT2D eigenvalue weighted by Crippen LogP contribution is -2.28. The van der Waals surface area contributed by atoms with Crippen LogP contribution in [0.4, 0.5) is 0 Å². The second kappa shape index (κ2) is 5.44. The fraction of sp³-hybridized carbons (Fsp3) is 0.167. The van der Waals surface area contributed by atoms with Gasteiger partial charge in [0.2, 0.25) is 0 Å². The topological polar surface area (TPSA) is 35.5 Å². The second-order valence-electron chi connectivity index (χ2n) is 5.00. The molecule has 2 aromatic rings. The molecule has 0 bridgehead atoms. The number of benzene rings is 2. The summed E-state index contributed by atoms with van der Waals surface area (Å²) in [6, 6.07) is 17.3. The van der Waals surface area contributed by atoms with Crippen molar-refractivity contribution in [2.75, 3.05) is 7.11 Å². The summed E-state index contributed by atoms with van der Waals surface area (Å²) >= 11 is 0. The lowest BCUT2D eigenvalue weighted by atomic mass is 9.78. The van der Waals surface area contributed by atoms with Crippen molar-refractivity contribution in [2.45, 2.75) is 11.8 Å². The number of hydrogen-bond acceptors (Lipinski definition) is 3. The second-order valence-corrected chi connectivity index (χ2v) is 5.00. The summed E-state index contributed by atoms with van der Waals surface area (Å²) in [7, 11) is 1.41. The van der Waals surface area contributed by atoms with Gasteiger partial charge in [-0.25, -0.2) is 0 Å². The summed E-state index contributed by atoms with van der Waals surface area (Å²) in [5.74, 6) is 0.282. The maximum absolute atomic E-state index is 12.3. The smallest absolute Gasteiger partial charge is 0.314 e. The van der Waals surface area contributed by atoms with E-state index in [2.05, 4.69) is 6.58 Å². The Balaban J connectivity index is 2.15. The fourth-order valence-electron chi connectivity index (χ4n) is 2.83. The molecule has 2 atom stereocenters. The number of methoxy groups -OCH3 is 1. The molecule has 21 heavy (non-hydrogen) atoms. The zero-order chi connectivity index (χ0) is 14.8. The maximum Gasteiger partial charge on any atom is 0.314 e. The van der Waals surface area contributed by atoms with Crippen LogP contribution in [-0.4, -0.2) is 13.1 Å². The molecule has 3 rings (SSSR count). The van der Waals surface area contributed by atoms with Crippen molar-refractivity contribution in [3.8, 4) is 5.75 Å². The van der Waals surface area contributed by atoms with Crippen LogP contribution in [0.5, 0.6) is 5.75 Å². The number of fused-ring (bicyclic) bond motifs is 1. The van der Waals surface area contributed by atoms with E-state index in [9.17, 15) is 4.79 Å². The van der Waals surface area contributed by atoms with Gasteiger partial charge in [-0.15, -0.1) is 0 Å². The van der Waals surface area contributed by atoms with Crippen molar-refractivity contribution in [1.82, 2.24) is 0 Å². The molecule has 3 heteroatoms. The molecular formula is C18H16O3. The number of rotatable bonds is 2. The first-order valence-corrected chi connectivity index (χ1v) is 6.80. The number of ether oxygens (including phenoxy) is 2. The largest absolute Gasteiger partial charge is 0.469 e. The number of para-hydroxylation sites is 1. The van der Waals surface area contributed by atoms with E-state index in [1.165, 1.54) is 7.11 Å². The Hall–Kier alpha value is -2.55. The number of esters is 1. The van der Waals surface area contributed by atoms with Crippen LogP contribution in [0.1, 0.15) is 23.0 Å². The Morgan fingerprint density at radius 3 is 2.48 bits per heavy atom. The van der Waals surface area contributed by atoms with Crippen LogP contribution < -0.4 is 4.74 Å². The maximum atomic E-state index is 12.3. The number of carbonyl (C=O) groups excluding carboxylic acids is 1. The van der Waals surface area contributed by atoms with E-state index in [0.29, 0.717) is 11.5 Å². The molecule has 1 heterocycles. The minimum absolute atomic E-state index is 0.242. The summed E-state index contributed by atoms with van der Waals surface area (Å²) in [6.07, 6.45) is 0. The Morgan fingerprint density at radius 1 is 1.10 bits per heavy atom. The summed E-state index contributed by atoms with van der Waals surface area (Å²) in [5.41, 5.74) is 1.83. The van der Waals surface area contributed by atoms with Crippen molar-refractivity contribution in [2.24, 2.45) is 0 Å². The van der Waals surface area contributed by atoms with E-state index < -0.39 is 5.92 Å². The fourth-order valence-corrected chi connectivity index (χ4v) is 2.83. The van der Waals surface area contributed by atoms with Gasteiger partial charge >= 0.3 is 5.97 Å². The zero-order valence-corrected chi connectivity index (χ0v) is 11.8. The minimum Gasteiger partial charge on any atom is -0.469 e. The third kappa shape index (κ3) is 2.31. The highest BCUT2D eigenvalue weighted by molar-refractivity contribution is 5.82. The van der Waals surface area contributed by atoms with Gasteiger partial charge in [0.05, 0.1) is 18.9 Å². The molecule has 0 saturated carbocycles. The van der Waals surface area contributed by atoms with Crippen LogP contribution in [0.3, 0.4) is 0 Å².